The van der Waals surface area contributed by atoms with E-state index in [9.17, 15) is 47.7 Å². The Morgan fingerprint density at radius 1 is 0.929 bits per heavy atom. The summed E-state index contributed by atoms with van der Waals surface area (Å²) in [6.07, 6.45) is 1.47. The van der Waals surface area contributed by atoms with E-state index in [4.69, 9.17) is 4.74 Å². The fourth-order valence-corrected chi connectivity index (χ4v) is 2.95. The summed E-state index contributed by atoms with van der Waals surface area (Å²) in [6.45, 7) is 1.37. The lowest BCUT2D eigenvalue weighted by Crippen LogP contribution is -2.60. The summed E-state index contributed by atoms with van der Waals surface area (Å²) in [5.74, 6) is -7.02. The minimum absolute atomic E-state index is 0.0904. The third-order valence-electron chi connectivity index (χ3n) is 3.07. The highest BCUT2D eigenvalue weighted by Gasteiger charge is 2.80. The van der Waals surface area contributed by atoms with Crippen LogP contribution in [0.1, 0.15) is 5.56 Å². The Balaban J connectivity index is 2.87. The molecule has 1 aromatic carbocycles. The van der Waals surface area contributed by atoms with Gasteiger partial charge < -0.3 is 9.29 Å². The molecule has 1 rings (SSSR count). The van der Waals surface area contributed by atoms with Gasteiger partial charge in [0, 0.05) is 0 Å². The number of halogens is 6. The summed E-state index contributed by atoms with van der Waals surface area (Å²) in [4.78, 5) is 0. The molecule has 0 aliphatic heterocycles. The second-order valence-corrected chi connectivity index (χ2v) is 8.04. The van der Waals surface area contributed by atoms with Crippen molar-refractivity contribution >= 4 is 26.3 Å². The topological polar surface area (TPSA) is 110 Å². The normalized spacial score (nSPS) is 14.0. The first-order valence-electron chi connectivity index (χ1n) is 6.84. The van der Waals surface area contributed by atoms with Crippen molar-refractivity contribution in [1.82, 2.24) is 0 Å². The number of ether oxygens (including phenoxy) is 1. The van der Waals surface area contributed by atoms with Crippen LogP contribution in [0.3, 0.4) is 0 Å². The Morgan fingerprint density at radius 3 is 1.86 bits per heavy atom. The van der Waals surface area contributed by atoms with Crippen molar-refractivity contribution in [2.75, 3.05) is 13.2 Å². The van der Waals surface area contributed by atoms with Crippen molar-refractivity contribution in [2.24, 2.45) is 0 Å². The minimum Gasteiger partial charge on any atom is -0.743 e. The predicted octanol–water partition coefficient (Wildman–Crippen LogP) is 2.42. The molecule has 0 N–H and O–H groups in total. The van der Waals surface area contributed by atoms with Crippen molar-refractivity contribution < 1.29 is 56.7 Å². The van der Waals surface area contributed by atoms with Crippen molar-refractivity contribution in [3.63, 3.8) is 0 Å². The van der Waals surface area contributed by atoms with Gasteiger partial charge in [0.25, 0.3) is 0 Å². The molecule has 0 spiro atoms. The first kappa shape index (κ1) is 24.2. The van der Waals surface area contributed by atoms with Crippen LogP contribution in [-0.2, 0) is 24.4 Å². The molecule has 0 unspecified atom stereocenters. The van der Waals surface area contributed by atoms with Gasteiger partial charge in [-0.3, -0.25) is 4.18 Å². The number of hydrogen-bond donors (Lipinski definition) is 0. The SMILES string of the molecule is C=Cc1ccc(OCCOS(=O)(=O)C(F)(F)C(F)(F)C(F)(F)S(=O)(=O)[O-])cc1. The van der Waals surface area contributed by atoms with E-state index in [1.54, 1.807) is 0 Å². The minimum atomic E-state index is -7.34. The summed E-state index contributed by atoms with van der Waals surface area (Å²) in [5.41, 5.74) is 0.669. The van der Waals surface area contributed by atoms with Crippen molar-refractivity contribution in [2.45, 2.75) is 16.4 Å². The van der Waals surface area contributed by atoms with Crippen LogP contribution in [0.5, 0.6) is 5.75 Å². The highest BCUT2D eigenvalue weighted by molar-refractivity contribution is 7.88. The Kier molecular flexibility index (Phi) is 6.81. The van der Waals surface area contributed by atoms with E-state index in [1.807, 2.05) is 0 Å². The smallest absolute Gasteiger partial charge is 0.439 e. The fraction of sp³-hybridized carbons (Fsp3) is 0.385. The maximum atomic E-state index is 13.4. The van der Waals surface area contributed by atoms with Gasteiger partial charge in [-0.05, 0) is 17.7 Å². The van der Waals surface area contributed by atoms with Crippen LogP contribution >= 0.6 is 0 Å². The van der Waals surface area contributed by atoms with Gasteiger partial charge in [0.1, 0.15) is 19.0 Å². The van der Waals surface area contributed by atoms with E-state index in [1.165, 1.54) is 30.3 Å². The molecule has 0 aromatic heterocycles. The van der Waals surface area contributed by atoms with Crippen LogP contribution in [0.15, 0.2) is 30.8 Å². The highest BCUT2D eigenvalue weighted by Crippen LogP contribution is 2.50. The van der Waals surface area contributed by atoms with Gasteiger partial charge in [-0.15, -0.1) is 0 Å². The molecule has 0 bridgehead atoms. The summed E-state index contributed by atoms with van der Waals surface area (Å²) in [7, 11) is -14.1. The first-order valence-corrected chi connectivity index (χ1v) is 9.66. The lowest BCUT2D eigenvalue weighted by molar-refractivity contribution is -0.248. The molecule has 28 heavy (non-hydrogen) atoms. The predicted molar refractivity (Wildman–Crippen MR) is 81.4 cm³/mol. The molecule has 0 atom stereocenters. The number of rotatable bonds is 10. The van der Waals surface area contributed by atoms with E-state index in [0.29, 0.717) is 5.56 Å². The molecule has 0 aliphatic carbocycles. The molecular weight excluding hydrogens is 446 g/mol. The number of hydrogen-bond acceptors (Lipinski definition) is 7. The fourth-order valence-electron chi connectivity index (χ4n) is 1.56. The zero-order valence-electron chi connectivity index (χ0n) is 13.5. The van der Waals surface area contributed by atoms with Gasteiger partial charge in [0.05, 0.1) is 0 Å². The van der Waals surface area contributed by atoms with Crippen LogP contribution in [0.25, 0.3) is 6.08 Å². The van der Waals surface area contributed by atoms with Crippen LogP contribution < -0.4 is 4.74 Å². The average molecular weight is 457 g/mol. The van der Waals surface area contributed by atoms with Crippen LogP contribution in [-0.4, -0.2) is 51.0 Å². The Labute approximate surface area is 155 Å². The quantitative estimate of drug-likeness (QED) is 0.230. The molecule has 0 heterocycles. The van der Waals surface area contributed by atoms with Gasteiger partial charge in [0.2, 0.25) is 0 Å². The van der Waals surface area contributed by atoms with E-state index >= 15 is 0 Å². The molecule has 0 fully saturated rings. The molecule has 0 aliphatic rings. The van der Waals surface area contributed by atoms with Crippen molar-refractivity contribution in [3.8, 4) is 5.75 Å². The lowest BCUT2D eigenvalue weighted by atomic mass is 10.2. The molecular formula is C13H11F6O7S2-. The number of alkyl halides is 6. The third-order valence-corrected chi connectivity index (χ3v) is 5.31. The number of benzene rings is 1. The molecule has 0 saturated carbocycles. The lowest BCUT2D eigenvalue weighted by Gasteiger charge is -2.32. The molecule has 1 aromatic rings. The van der Waals surface area contributed by atoms with Crippen molar-refractivity contribution in [3.05, 3.63) is 36.4 Å². The summed E-state index contributed by atoms with van der Waals surface area (Å²) in [5, 5.41) is -13.7. The van der Waals surface area contributed by atoms with Crippen LogP contribution in [0.2, 0.25) is 0 Å². The summed E-state index contributed by atoms with van der Waals surface area (Å²) >= 11 is 0. The Bertz CT molecular complexity index is 911. The van der Waals surface area contributed by atoms with E-state index in [0.717, 1.165) is 0 Å². The second kappa shape index (κ2) is 7.88. The maximum Gasteiger partial charge on any atom is 0.439 e. The zero-order chi connectivity index (χ0) is 22.0. The Morgan fingerprint density at radius 2 is 1.43 bits per heavy atom. The van der Waals surface area contributed by atoms with Crippen LogP contribution in [0, 0.1) is 0 Å². The van der Waals surface area contributed by atoms with E-state index in [-0.39, 0.29) is 5.75 Å². The van der Waals surface area contributed by atoms with Gasteiger partial charge in [0.15, 0.2) is 10.1 Å². The van der Waals surface area contributed by atoms with Crippen molar-refractivity contribution in [1.29, 1.82) is 0 Å². The first-order chi connectivity index (χ1) is 12.5. The zero-order valence-corrected chi connectivity index (χ0v) is 15.1. The van der Waals surface area contributed by atoms with Crippen LogP contribution in [0.4, 0.5) is 26.3 Å². The largest absolute Gasteiger partial charge is 0.743 e. The summed E-state index contributed by atoms with van der Waals surface area (Å²) in [6, 6.07) is 5.71. The molecule has 0 saturated heterocycles. The summed E-state index contributed by atoms with van der Waals surface area (Å²) < 4.78 is 141. The van der Waals surface area contributed by atoms with Gasteiger partial charge in [-0.1, -0.05) is 24.8 Å². The Hall–Kier alpha value is -1.84. The molecule has 15 heteroatoms. The standard InChI is InChI=1S/C13H12F6O7S2/c1-2-9-3-5-10(6-4-9)25-7-8-26-28(23,24)13(18,19)11(14,15)12(16,17)27(20,21)22/h2-6H,1,7-8H2,(H,20,21,22)/p-1. The highest BCUT2D eigenvalue weighted by atomic mass is 32.2. The molecule has 0 radical (unpaired) electrons. The molecule has 7 nitrogen and oxygen atoms in total. The van der Waals surface area contributed by atoms with Gasteiger partial charge >= 0.3 is 26.5 Å². The second-order valence-electron chi connectivity index (χ2n) is 4.96. The van der Waals surface area contributed by atoms with Gasteiger partial charge in [-0.25, -0.2) is 8.42 Å². The maximum absolute atomic E-state index is 13.4. The molecule has 0 amide bonds. The average Bonchev–Trinajstić information content (AvgIpc) is 2.57. The van der Waals surface area contributed by atoms with Gasteiger partial charge in [-0.2, -0.15) is 34.8 Å². The van der Waals surface area contributed by atoms with E-state index < -0.39 is 49.9 Å². The third kappa shape index (κ3) is 4.42. The monoisotopic (exact) mass is 457 g/mol. The molecule has 160 valence electrons. The van der Waals surface area contributed by atoms with E-state index in [2.05, 4.69) is 10.8 Å².